The summed E-state index contributed by atoms with van der Waals surface area (Å²) >= 11 is 0. The lowest BCUT2D eigenvalue weighted by molar-refractivity contribution is 0.0987. The number of fused-ring (bicyclic) bond motifs is 1. The number of anilines is 3. The number of hydrazine groups is 1. The van der Waals surface area contributed by atoms with Gasteiger partial charge in [0.15, 0.2) is 0 Å². The molecule has 0 unspecified atom stereocenters. The number of rotatable bonds is 2. The zero-order valence-electron chi connectivity index (χ0n) is 13.3. The largest absolute Gasteiger partial charge is 0.345 e. The predicted molar refractivity (Wildman–Crippen MR) is 97.6 cm³/mol. The first kappa shape index (κ1) is 15.0. The van der Waals surface area contributed by atoms with Crippen LogP contribution in [-0.4, -0.2) is 11.9 Å². The van der Waals surface area contributed by atoms with Gasteiger partial charge in [-0.3, -0.25) is 4.79 Å². The van der Waals surface area contributed by atoms with Crippen molar-refractivity contribution in [2.75, 3.05) is 15.3 Å². The molecule has 0 radical (unpaired) electrons. The Labute approximate surface area is 145 Å². The van der Waals surface area contributed by atoms with E-state index in [1.165, 1.54) is 10.0 Å². The quantitative estimate of drug-likeness (QED) is 0.762. The molecule has 5 heteroatoms. The Kier molecular flexibility index (Phi) is 3.67. The molecule has 122 valence electrons. The van der Waals surface area contributed by atoms with Crippen molar-refractivity contribution in [1.82, 2.24) is 0 Å². The lowest BCUT2D eigenvalue weighted by Gasteiger charge is -2.32. The van der Waals surface area contributed by atoms with E-state index in [1.807, 2.05) is 36.4 Å². The molecule has 0 fully saturated rings. The molecule has 5 nitrogen and oxygen atoms in total. The van der Waals surface area contributed by atoms with Crippen LogP contribution in [0, 0.1) is 0 Å². The van der Waals surface area contributed by atoms with Crippen LogP contribution in [0.4, 0.5) is 21.9 Å². The minimum absolute atomic E-state index is 0.274. The molecule has 4 rings (SSSR count). The predicted octanol–water partition coefficient (Wildman–Crippen LogP) is 4.30. The third-order valence-corrected chi connectivity index (χ3v) is 3.99. The zero-order chi connectivity index (χ0) is 17.2. The first-order valence-electron chi connectivity index (χ1n) is 7.90. The monoisotopic (exact) mass is 329 g/mol. The molecule has 0 atom stereocenters. The lowest BCUT2D eigenvalue weighted by Crippen LogP contribution is -2.50. The van der Waals surface area contributed by atoms with Gasteiger partial charge in [0, 0.05) is 0 Å². The molecule has 0 bridgehead atoms. The molecule has 1 heterocycles. The highest BCUT2D eigenvalue weighted by molar-refractivity contribution is 6.20. The van der Waals surface area contributed by atoms with Crippen LogP contribution in [0.3, 0.4) is 0 Å². The SMILES string of the molecule is O=C1Nc2ccccc2C(=O)N(c2ccccc2)N1c1ccccc1. The van der Waals surface area contributed by atoms with E-state index in [0.717, 1.165) is 0 Å². The van der Waals surface area contributed by atoms with Gasteiger partial charge in [-0.1, -0.05) is 48.5 Å². The number of para-hydroxylation sites is 3. The highest BCUT2D eigenvalue weighted by Crippen LogP contribution is 2.30. The number of carbonyl (C=O) groups is 2. The fourth-order valence-corrected chi connectivity index (χ4v) is 2.85. The molecule has 3 aromatic rings. The van der Waals surface area contributed by atoms with Gasteiger partial charge in [0.2, 0.25) is 0 Å². The number of hydrogen-bond donors (Lipinski definition) is 1. The third kappa shape index (κ3) is 2.61. The zero-order valence-corrected chi connectivity index (χ0v) is 13.3. The second kappa shape index (κ2) is 6.13. The molecule has 0 saturated carbocycles. The molecule has 1 aliphatic rings. The van der Waals surface area contributed by atoms with Gasteiger partial charge >= 0.3 is 6.03 Å². The van der Waals surface area contributed by atoms with Crippen LogP contribution in [0.15, 0.2) is 84.9 Å². The average Bonchev–Trinajstić information content (AvgIpc) is 2.77. The van der Waals surface area contributed by atoms with Crippen LogP contribution >= 0.6 is 0 Å². The summed E-state index contributed by atoms with van der Waals surface area (Å²) in [5.41, 5.74) is 2.16. The van der Waals surface area contributed by atoms with Crippen LogP contribution in [0.1, 0.15) is 10.4 Å². The molecule has 3 amide bonds. The molecular weight excluding hydrogens is 314 g/mol. The minimum atomic E-state index is -0.395. The Morgan fingerprint density at radius 3 is 1.76 bits per heavy atom. The second-order valence-electron chi connectivity index (χ2n) is 5.58. The number of benzene rings is 3. The first-order chi connectivity index (χ1) is 12.3. The van der Waals surface area contributed by atoms with Crippen LogP contribution in [0.2, 0.25) is 0 Å². The molecular formula is C20H15N3O2. The van der Waals surface area contributed by atoms with Gasteiger partial charge < -0.3 is 5.32 Å². The molecule has 0 aliphatic carbocycles. The fraction of sp³-hybridized carbons (Fsp3) is 0. The van der Waals surface area contributed by atoms with Crippen molar-refractivity contribution in [3.05, 3.63) is 90.5 Å². The van der Waals surface area contributed by atoms with Gasteiger partial charge in [0.1, 0.15) is 0 Å². The molecule has 25 heavy (non-hydrogen) atoms. The first-order valence-corrected chi connectivity index (χ1v) is 7.90. The van der Waals surface area contributed by atoms with Crippen LogP contribution in [0.25, 0.3) is 0 Å². The summed E-state index contributed by atoms with van der Waals surface area (Å²) in [5.74, 6) is -0.274. The summed E-state index contributed by atoms with van der Waals surface area (Å²) in [7, 11) is 0. The Balaban J connectivity index is 1.93. The van der Waals surface area contributed by atoms with E-state index < -0.39 is 6.03 Å². The molecule has 3 aromatic carbocycles. The third-order valence-electron chi connectivity index (χ3n) is 3.99. The van der Waals surface area contributed by atoms with Gasteiger partial charge in [-0.25, -0.2) is 9.80 Å². The number of urea groups is 1. The lowest BCUT2D eigenvalue weighted by atomic mass is 10.1. The Hall–Kier alpha value is -3.60. The van der Waals surface area contributed by atoms with E-state index in [4.69, 9.17) is 0 Å². The smallest absolute Gasteiger partial charge is 0.305 e. The average molecular weight is 329 g/mol. The summed E-state index contributed by atoms with van der Waals surface area (Å²) < 4.78 is 0. The van der Waals surface area contributed by atoms with E-state index in [-0.39, 0.29) is 5.91 Å². The second-order valence-corrected chi connectivity index (χ2v) is 5.58. The maximum absolute atomic E-state index is 13.3. The number of carbonyl (C=O) groups excluding carboxylic acids is 2. The van der Waals surface area contributed by atoms with Gasteiger partial charge in [0.05, 0.1) is 22.6 Å². The molecule has 1 N–H and O–H groups in total. The normalized spacial score (nSPS) is 13.9. The highest BCUT2D eigenvalue weighted by atomic mass is 16.2. The molecule has 0 aromatic heterocycles. The van der Waals surface area contributed by atoms with Crippen LogP contribution < -0.4 is 15.3 Å². The van der Waals surface area contributed by atoms with E-state index in [9.17, 15) is 9.59 Å². The maximum atomic E-state index is 13.3. The molecule has 1 aliphatic heterocycles. The Morgan fingerprint density at radius 2 is 1.12 bits per heavy atom. The van der Waals surface area contributed by atoms with Gasteiger partial charge in [-0.2, -0.15) is 5.01 Å². The van der Waals surface area contributed by atoms with Crippen molar-refractivity contribution in [3.63, 3.8) is 0 Å². The number of amides is 3. The summed E-state index contributed by atoms with van der Waals surface area (Å²) in [6, 6.07) is 24.8. The summed E-state index contributed by atoms with van der Waals surface area (Å²) in [4.78, 5) is 26.2. The van der Waals surface area contributed by atoms with Crippen molar-refractivity contribution >= 4 is 29.0 Å². The van der Waals surface area contributed by atoms with Gasteiger partial charge in [-0.05, 0) is 36.4 Å². The number of hydrogen-bond acceptors (Lipinski definition) is 2. The number of nitrogens with zero attached hydrogens (tertiary/aromatic N) is 2. The van der Waals surface area contributed by atoms with Crippen molar-refractivity contribution < 1.29 is 9.59 Å². The molecule has 0 saturated heterocycles. The Morgan fingerprint density at radius 1 is 0.600 bits per heavy atom. The van der Waals surface area contributed by atoms with Gasteiger partial charge in [-0.15, -0.1) is 0 Å². The van der Waals surface area contributed by atoms with Crippen LogP contribution in [0.5, 0.6) is 0 Å². The summed E-state index contributed by atoms with van der Waals surface area (Å²) in [6.45, 7) is 0. The standard InChI is InChI=1S/C20H15N3O2/c24-19-17-13-7-8-14-18(17)21-20(25)23(16-11-5-2-6-12-16)22(19)15-9-3-1-4-10-15/h1-14H,(H,21,25). The van der Waals surface area contributed by atoms with Gasteiger partial charge in [0.25, 0.3) is 5.91 Å². The number of nitrogens with one attached hydrogen (secondary N) is 1. The highest BCUT2D eigenvalue weighted by Gasteiger charge is 2.34. The summed E-state index contributed by atoms with van der Waals surface area (Å²) in [5, 5.41) is 5.58. The Bertz CT molecular complexity index is 926. The topological polar surface area (TPSA) is 52.7 Å². The van der Waals surface area contributed by atoms with E-state index in [2.05, 4.69) is 5.32 Å². The van der Waals surface area contributed by atoms with Crippen molar-refractivity contribution in [3.8, 4) is 0 Å². The minimum Gasteiger partial charge on any atom is -0.305 e. The van der Waals surface area contributed by atoms with E-state index in [0.29, 0.717) is 22.6 Å². The van der Waals surface area contributed by atoms with Crippen molar-refractivity contribution in [2.24, 2.45) is 0 Å². The maximum Gasteiger partial charge on any atom is 0.345 e. The van der Waals surface area contributed by atoms with E-state index >= 15 is 0 Å². The van der Waals surface area contributed by atoms with Crippen molar-refractivity contribution in [2.45, 2.75) is 0 Å². The fourth-order valence-electron chi connectivity index (χ4n) is 2.85. The van der Waals surface area contributed by atoms with Crippen molar-refractivity contribution in [1.29, 1.82) is 0 Å². The van der Waals surface area contributed by atoms with Crippen LogP contribution in [-0.2, 0) is 0 Å². The molecule has 0 spiro atoms. The van der Waals surface area contributed by atoms with E-state index in [1.54, 1.807) is 48.5 Å². The summed E-state index contributed by atoms with van der Waals surface area (Å²) in [6.07, 6.45) is 0.